The van der Waals surface area contributed by atoms with Gasteiger partial charge >= 0.3 is 11.9 Å². The Kier molecular flexibility index (Phi) is 5.69. The normalized spacial score (nSPS) is 10.5. The zero-order valence-corrected chi connectivity index (χ0v) is 13.1. The fourth-order valence-corrected chi connectivity index (χ4v) is 1.90. The van der Waals surface area contributed by atoms with E-state index < -0.39 is 11.9 Å². The van der Waals surface area contributed by atoms with Crippen LogP contribution >= 0.6 is 0 Å². The maximum Gasteiger partial charge on any atom is 0.336 e. The molecule has 23 heavy (non-hydrogen) atoms. The summed E-state index contributed by atoms with van der Waals surface area (Å²) < 4.78 is 10.2. The van der Waals surface area contributed by atoms with Gasteiger partial charge in [-0.1, -0.05) is 42.0 Å². The molecule has 0 fully saturated rings. The van der Waals surface area contributed by atoms with Crippen LogP contribution in [0.25, 0.3) is 10.8 Å². The number of carbonyl (C=O) groups is 2. The van der Waals surface area contributed by atoms with E-state index in [1.807, 2.05) is 50.2 Å². The molecule has 2 aromatic carbocycles. The highest BCUT2D eigenvalue weighted by Crippen LogP contribution is 2.25. The molecule has 4 nitrogen and oxygen atoms in total. The van der Waals surface area contributed by atoms with Crippen LogP contribution in [0, 0.1) is 0 Å². The van der Waals surface area contributed by atoms with Gasteiger partial charge in [0.2, 0.25) is 0 Å². The van der Waals surface area contributed by atoms with Crippen molar-refractivity contribution >= 4 is 22.7 Å². The van der Waals surface area contributed by atoms with Crippen molar-refractivity contribution in [3.63, 3.8) is 0 Å². The lowest BCUT2D eigenvalue weighted by Crippen LogP contribution is -2.07. The van der Waals surface area contributed by atoms with E-state index in [4.69, 9.17) is 9.47 Å². The topological polar surface area (TPSA) is 52.6 Å². The monoisotopic (exact) mass is 310 g/mol. The fourth-order valence-electron chi connectivity index (χ4n) is 1.90. The quantitative estimate of drug-likeness (QED) is 0.365. The number of fused-ring (bicyclic) bond motifs is 1. The third-order valence-corrected chi connectivity index (χ3v) is 3.03. The molecule has 0 radical (unpaired) electrons. The van der Waals surface area contributed by atoms with E-state index in [0.29, 0.717) is 5.75 Å². The lowest BCUT2D eigenvalue weighted by atomic mass is 10.1. The Labute approximate surface area is 135 Å². The summed E-state index contributed by atoms with van der Waals surface area (Å²) in [5.74, 6) is -0.756. The smallest absolute Gasteiger partial charge is 0.336 e. The number of ether oxygens (including phenoxy) is 2. The van der Waals surface area contributed by atoms with E-state index in [0.717, 1.165) is 28.5 Å². The number of rotatable bonds is 5. The summed E-state index contributed by atoms with van der Waals surface area (Å²) in [6.45, 7) is 4.00. The second-order valence-corrected chi connectivity index (χ2v) is 5.14. The molecule has 0 N–H and O–H groups in total. The first-order chi connectivity index (χ1) is 11.1. The predicted molar refractivity (Wildman–Crippen MR) is 89.1 cm³/mol. The van der Waals surface area contributed by atoms with Crippen LogP contribution in [0.5, 0.6) is 5.75 Å². The number of hydrogen-bond donors (Lipinski definition) is 0. The van der Waals surface area contributed by atoms with Crippen molar-refractivity contribution in [2.45, 2.75) is 13.8 Å². The molecule has 0 unspecified atom stereocenters. The van der Waals surface area contributed by atoms with Crippen molar-refractivity contribution in [1.29, 1.82) is 0 Å². The maximum absolute atomic E-state index is 11.8. The average molecular weight is 310 g/mol. The van der Waals surface area contributed by atoms with Crippen LogP contribution in [-0.2, 0) is 14.3 Å². The lowest BCUT2D eigenvalue weighted by molar-refractivity contribution is -0.137. The number of allylic oxidation sites excluding steroid dienone is 1. The third kappa shape index (κ3) is 5.11. The van der Waals surface area contributed by atoms with Crippen molar-refractivity contribution in [2.75, 3.05) is 6.61 Å². The summed E-state index contributed by atoms with van der Waals surface area (Å²) in [6, 6.07) is 13.0. The van der Waals surface area contributed by atoms with E-state index in [9.17, 15) is 9.59 Å². The Morgan fingerprint density at radius 1 is 0.957 bits per heavy atom. The molecule has 2 rings (SSSR count). The molecule has 0 atom stereocenters. The van der Waals surface area contributed by atoms with Crippen molar-refractivity contribution in [3.05, 3.63) is 66.3 Å². The summed E-state index contributed by atoms with van der Waals surface area (Å²) >= 11 is 0. The van der Waals surface area contributed by atoms with Gasteiger partial charge in [0.05, 0.1) is 0 Å². The molecule has 2 aromatic rings. The van der Waals surface area contributed by atoms with Gasteiger partial charge in [0.25, 0.3) is 0 Å². The van der Waals surface area contributed by atoms with Gasteiger partial charge in [-0.2, -0.15) is 0 Å². The first-order valence-electron chi connectivity index (χ1n) is 7.24. The van der Waals surface area contributed by atoms with Crippen LogP contribution in [0.2, 0.25) is 0 Å². The molecule has 0 aromatic heterocycles. The third-order valence-electron chi connectivity index (χ3n) is 3.03. The fraction of sp³-hybridized carbons (Fsp3) is 0.158. The Morgan fingerprint density at radius 2 is 1.65 bits per heavy atom. The number of benzene rings is 2. The highest BCUT2D eigenvalue weighted by atomic mass is 16.5. The van der Waals surface area contributed by atoms with E-state index in [1.54, 1.807) is 12.1 Å². The Morgan fingerprint density at radius 3 is 2.43 bits per heavy atom. The molecule has 0 aliphatic heterocycles. The number of carbonyl (C=O) groups excluding carboxylic acids is 2. The largest absolute Gasteiger partial charge is 0.458 e. The minimum atomic E-state index is -0.625. The van der Waals surface area contributed by atoms with Crippen LogP contribution in [0.4, 0.5) is 0 Å². The van der Waals surface area contributed by atoms with Crippen molar-refractivity contribution in [1.82, 2.24) is 0 Å². The van der Waals surface area contributed by atoms with Crippen LogP contribution in [0.15, 0.2) is 66.3 Å². The predicted octanol–water partition coefficient (Wildman–Crippen LogP) is 3.81. The average Bonchev–Trinajstić information content (AvgIpc) is 2.53. The van der Waals surface area contributed by atoms with E-state index >= 15 is 0 Å². The SMILES string of the molecule is CC(C)=CCOC(=O)/C=C/C(=O)Oc1cccc2ccccc12. The second-order valence-electron chi connectivity index (χ2n) is 5.14. The van der Waals surface area contributed by atoms with Crippen molar-refractivity contribution in [2.24, 2.45) is 0 Å². The summed E-state index contributed by atoms with van der Waals surface area (Å²) in [5, 5.41) is 1.81. The van der Waals surface area contributed by atoms with Crippen molar-refractivity contribution < 1.29 is 19.1 Å². The van der Waals surface area contributed by atoms with Gasteiger partial charge in [-0.15, -0.1) is 0 Å². The molecule has 0 spiro atoms. The van der Waals surface area contributed by atoms with Crippen LogP contribution < -0.4 is 4.74 Å². The highest BCUT2D eigenvalue weighted by molar-refractivity contribution is 5.95. The van der Waals surface area contributed by atoms with Crippen LogP contribution in [-0.4, -0.2) is 18.5 Å². The Balaban J connectivity index is 1.97. The first kappa shape index (κ1) is 16.5. The van der Waals surface area contributed by atoms with E-state index in [1.165, 1.54) is 0 Å². The number of hydrogen-bond acceptors (Lipinski definition) is 4. The molecule has 0 heterocycles. The van der Waals surface area contributed by atoms with Gasteiger partial charge in [0.15, 0.2) is 0 Å². The molecular formula is C19H18O4. The molecule has 0 saturated heterocycles. The van der Waals surface area contributed by atoms with Gasteiger partial charge in [0, 0.05) is 17.5 Å². The van der Waals surface area contributed by atoms with Crippen LogP contribution in [0.3, 0.4) is 0 Å². The Bertz CT molecular complexity index is 763. The lowest BCUT2D eigenvalue weighted by Gasteiger charge is -2.05. The van der Waals surface area contributed by atoms with Crippen molar-refractivity contribution in [3.8, 4) is 5.75 Å². The zero-order chi connectivity index (χ0) is 16.7. The molecule has 0 amide bonds. The Hall–Kier alpha value is -2.88. The zero-order valence-electron chi connectivity index (χ0n) is 13.1. The minimum absolute atomic E-state index is 0.184. The van der Waals surface area contributed by atoms with Gasteiger partial charge in [-0.25, -0.2) is 9.59 Å². The summed E-state index contributed by atoms with van der Waals surface area (Å²) in [7, 11) is 0. The minimum Gasteiger partial charge on any atom is -0.458 e. The maximum atomic E-state index is 11.8. The second kappa shape index (κ2) is 7.94. The first-order valence-corrected chi connectivity index (χ1v) is 7.24. The molecule has 4 heteroatoms. The van der Waals surface area contributed by atoms with Gasteiger partial charge in [-0.05, 0) is 31.4 Å². The van der Waals surface area contributed by atoms with E-state index in [-0.39, 0.29) is 6.61 Å². The summed E-state index contributed by atoms with van der Waals surface area (Å²) in [6.07, 6.45) is 3.90. The number of esters is 2. The van der Waals surface area contributed by atoms with Gasteiger partial charge in [0.1, 0.15) is 12.4 Å². The standard InChI is InChI=1S/C19H18O4/c1-14(2)12-13-22-18(20)10-11-19(21)23-17-9-5-7-15-6-3-4-8-16(15)17/h3-12H,13H2,1-2H3/b11-10+. The molecule has 0 aliphatic carbocycles. The summed E-state index contributed by atoms with van der Waals surface area (Å²) in [5.41, 5.74) is 1.05. The molecule has 0 saturated carbocycles. The van der Waals surface area contributed by atoms with Crippen LogP contribution in [0.1, 0.15) is 13.8 Å². The summed E-state index contributed by atoms with van der Waals surface area (Å²) in [4.78, 5) is 23.3. The molecule has 0 aliphatic rings. The molecule has 0 bridgehead atoms. The van der Waals surface area contributed by atoms with Gasteiger partial charge < -0.3 is 9.47 Å². The molecule has 118 valence electrons. The van der Waals surface area contributed by atoms with Gasteiger partial charge in [-0.3, -0.25) is 0 Å². The van der Waals surface area contributed by atoms with E-state index in [2.05, 4.69) is 0 Å². The molecular weight excluding hydrogens is 292 g/mol. The highest BCUT2D eigenvalue weighted by Gasteiger charge is 2.06.